The van der Waals surface area contributed by atoms with Crippen molar-refractivity contribution in [1.82, 2.24) is 10.3 Å². The normalized spacial score (nSPS) is 13.3. The average Bonchev–Trinajstić information content (AvgIpc) is 3.05. The minimum atomic E-state index is -1.24. The number of carboxylic acids is 1. The number of benzene rings is 2. The van der Waals surface area contributed by atoms with E-state index < -0.39 is 18.1 Å². The second-order valence-corrected chi connectivity index (χ2v) is 6.40. The molecule has 1 aromatic heterocycles. The predicted molar refractivity (Wildman–Crippen MR) is 94.2 cm³/mol. The van der Waals surface area contributed by atoms with Gasteiger partial charge in [-0.3, -0.25) is 4.79 Å². The first-order valence-corrected chi connectivity index (χ1v) is 8.44. The standard InChI is InChI=1S/C18H16N2O4S/c21-11-19-15(17-20-13-8-4-5-9-14(13)25-17)16(18(22)23)24-10-12-6-2-1-3-7-12/h1-9,11,15-16H,10H2,(H,19,21)(H,22,23). The summed E-state index contributed by atoms with van der Waals surface area (Å²) in [7, 11) is 0. The summed E-state index contributed by atoms with van der Waals surface area (Å²) in [4.78, 5) is 27.2. The number of hydrogen-bond acceptors (Lipinski definition) is 5. The lowest BCUT2D eigenvalue weighted by Gasteiger charge is -2.22. The second kappa shape index (κ2) is 7.87. The van der Waals surface area contributed by atoms with Crippen LogP contribution in [0.5, 0.6) is 0 Å². The molecule has 7 heteroatoms. The molecule has 0 aliphatic carbocycles. The molecule has 128 valence electrons. The Balaban J connectivity index is 1.86. The van der Waals surface area contributed by atoms with E-state index in [4.69, 9.17) is 4.74 Å². The van der Waals surface area contributed by atoms with Crippen molar-refractivity contribution in [3.8, 4) is 0 Å². The third kappa shape index (κ3) is 4.01. The van der Waals surface area contributed by atoms with Crippen LogP contribution in [0.4, 0.5) is 0 Å². The van der Waals surface area contributed by atoms with Crippen molar-refractivity contribution in [1.29, 1.82) is 0 Å². The van der Waals surface area contributed by atoms with E-state index in [2.05, 4.69) is 10.3 Å². The summed E-state index contributed by atoms with van der Waals surface area (Å²) < 4.78 is 6.52. The van der Waals surface area contributed by atoms with Gasteiger partial charge in [0.25, 0.3) is 0 Å². The number of nitrogens with zero attached hydrogens (tertiary/aromatic N) is 1. The molecule has 0 aliphatic rings. The number of rotatable bonds is 8. The van der Waals surface area contributed by atoms with Gasteiger partial charge in [-0.2, -0.15) is 0 Å². The summed E-state index contributed by atoms with van der Waals surface area (Å²) in [6.45, 7) is 0.125. The van der Waals surface area contributed by atoms with Crippen LogP contribution in [0.1, 0.15) is 16.6 Å². The highest BCUT2D eigenvalue weighted by Gasteiger charge is 2.32. The van der Waals surface area contributed by atoms with E-state index in [1.807, 2.05) is 54.6 Å². The maximum Gasteiger partial charge on any atom is 0.335 e. The van der Waals surface area contributed by atoms with Gasteiger partial charge in [0.15, 0.2) is 6.10 Å². The van der Waals surface area contributed by atoms with Crippen LogP contribution in [0, 0.1) is 0 Å². The van der Waals surface area contributed by atoms with E-state index in [1.165, 1.54) is 11.3 Å². The van der Waals surface area contributed by atoms with E-state index >= 15 is 0 Å². The highest BCUT2D eigenvalue weighted by Crippen LogP contribution is 2.29. The third-order valence-corrected chi connectivity index (χ3v) is 4.76. The van der Waals surface area contributed by atoms with E-state index in [0.29, 0.717) is 11.4 Å². The molecule has 2 aromatic carbocycles. The van der Waals surface area contributed by atoms with Crippen molar-refractivity contribution in [3.05, 3.63) is 65.2 Å². The second-order valence-electron chi connectivity index (χ2n) is 5.34. The van der Waals surface area contributed by atoms with Crippen molar-refractivity contribution in [2.75, 3.05) is 0 Å². The van der Waals surface area contributed by atoms with E-state index in [-0.39, 0.29) is 6.61 Å². The molecular weight excluding hydrogens is 340 g/mol. The van der Waals surface area contributed by atoms with E-state index in [9.17, 15) is 14.7 Å². The summed E-state index contributed by atoms with van der Waals surface area (Å²) in [5.41, 5.74) is 1.61. The number of nitrogens with one attached hydrogen (secondary N) is 1. The molecule has 2 N–H and O–H groups in total. The highest BCUT2D eigenvalue weighted by molar-refractivity contribution is 7.18. The number of hydrogen-bond donors (Lipinski definition) is 2. The number of carboxylic acid groups (broad SMARTS) is 1. The van der Waals surface area contributed by atoms with Crippen LogP contribution in [-0.4, -0.2) is 28.6 Å². The molecule has 0 bridgehead atoms. The molecule has 0 aliphatic heterocycles. The first kappa shape index (κ1) is 17.1. The van der Waals surface area contributed by atoms with Gasteiger partial charge in [0, 0.05) is 0 Å². The molecule has 2 unspecified atom stereocenters. The molecule has 1 heterocycles. The zero-order valence-corrected chi connectivity index (χ0v) is 14.0. The zero-order chi connectivity index (χ0) is 17.6. The molecule has 0 fully saturated rings. The molecule has 0 spiro atoms. The summed E-state index contributed by atoms with van der Waals surface area (Å²) >= 11 is 1.34. The van der Waals surface area contributed by atoms with Gasteiger partial charge < -0.3 is 15.2 Å². The van der Waals surface area contributed by atoms with E-state index in [0.717, 1.165) is 15.8 Å². The molecule has 3 aromatic rings. The molecule has 3 rings (SSSR count). The first-order chi connectivity index (χ1) is 12.2. The Morgan fingerprint density at radius 1 is 1.20 bits per heavy atom. The molecule has 0 saturated heterocycles. The van der Waals surface area contributed by atoms with Crippen LogP contribution in [-0.2, 0) is 20.9 Å². The number of amides is 1. The molecule has 6 nitrogen and oxygen atoms in total. The predicted octanol–water partition coefficient (Wildman–Crippen LogP) is 2.75. The number of aliphatic carboxylic acids is 1. The summed E-state index contributed by atoms with van der Waals surface area (Å²) in [6, 6.07) is 15.9. The van der Waals surface area contributed by atoms with Crippen LogP contribution < -0.4 is 5.32 Å². The van der Waals surface area contributed by atoms with Gasteiger partial charge >= 0.3 is 5.97 Å². The van der Waals surface area contributed by atoms with Gasteiger partial charge in [0.1, 0.15) is 11.0 Å². The minimum absolute atomic E-state index is 0.125. The SMILES string of the molecule is O=CNC(c1nc2ccccc2s1)C(OCc1ccccc1)C(=O)O. The van der Waals surface area contributed by atoms with Crippen molar-refractivity contribution in [3.63, 3.8) is 0 Å². The lowest BCUT2D eigenvalue weighted by molar-refractivity contribution is -0.153. The van der Waals surface area contributed by atoms with Crippen LogP contribution in [0.2, 0.25) is 0 Å². The monoisotopic (exact) mass is 356 g/mol. The Morgan fingerprint density at radius 2 is 1.92 bits per heavy atom. The summed E-state index contributed by atoms with van der Waals surface area (Å²) in [5.74, 6) is -1.16. The lowest BCUT2D eigenvalue weighted by atomic mass is 10.1. The zero-order valence-electron chi connectivity index (χ0n) is 13.2. The molecule has 25 heavy (non-hydrogen) atoms. The number of ether oxygens (including phenoxy) is 1. The van der Waals surface area contributed by atoms with Gasteiger partial charge in [0.05, 0.1) is 16.8 Å². The fourth-order valence-electron chi connectivity index (χ4n) is 2.45. The van der Waals surface area contributed by atoms with Gasteiger partial charge in [-0.25, -0.2) is 9.78 Å². The molecule has 1 amide bonds. The van der Waals surface area contributed by atoms with Crippen LogP contribution in [0.3, 0.4) is 0 Å². The van der Waals surface area contributed by atoms with Crippen LogP contribution >= 0.6 is 11.3 Å². The van der Waals surface area contributed by atoms with Crippen molar-refractivity contribution in [2.24, 2.45) is 0 Å². The van der Waals surface area contributed by atoms with Gasteiger partial charge in [-0.05, 0) is 17.7 Å². The summed E-state index contributed by atoms with van der Waals surface area (Å²) in [5, 5.41) is 12.6. The average molecular weight is 356 g/mol. The van der Waals surface area contributed by atoms with Gasteiger partial charge in [0.2, 0.25) is 6.41 Å². The number of aromatic nitrogens is 1. The Hall–Kier alpha value is -2.77. The third-order valence-electron chi connectivity index (χ3n) is 3.64. The topological polar surface area (TPSA) is 88.5 Å². The van der Waals surface area contributed by atoms with Crippen molar-refractivity contribution >= 4 is 33.9 Å². The number of carbonyl (C=O) groups excluding carboxylic acids is 1. The largest absolute Gasteiger partial charge is 0.479 e. The maximum absolute atomic E-state index is 11.7. The number of para-hydroxylation sites is 1. The smallest absolute Gasteiger partial charge is 0.335 e. The van der Waals surface area contributed by atoms with Gasteiger partial charge in [-0.15, -0.1) is 11.3 Å². The lowest BCUT2D eigenvalue weighted by Crippen LogP contribution is -2.38. The minimum Gasteiger partial charge on any atom is -0.479 e. The molecular formula is C18H16N2O4S. The Kier molecular flexibility index (Phi) is 5.37. The maximum atomic E-state index is 11.7. The number of thiazole rings is 1. The van der Waals surface area contributed by atoms with Crippen LogP contribution in [0.25, 0.3) is 10.2 Å². The fraction of sp³-hybridized carbons (Fsp3) is 0.167. The van der Waals surface area contributed by atoms with E-state index in [1.54, 1.807) is 0 Å². The van der Waals surface area contributed by atoms with Crippen molar-refractivity contribution < 1.29 is 19.4 Å². The fourth-order valence-corrected chi connectivity index (χ4v) is 3.51. The Bertz CT molecular complexity index is 833. The number of fused-ring (bicyclic) bond motifs is 1. The Labute approximate surface area is 148 Å². The molecule has 2 atom stereocenters. The number of carbonyl (C=O) groups is 2. The van der Waals surface area contributed by atoms with Crippen molar-refractivity contribution in [2.45, 2.75) is 18.8 Å². The summed E-state index contributed by atoms with van der Waals surface area (Å²) in [6.07, 6.45) is -0.774. The van der Waals surface area contributed by atoms with Crippen LogP contribution in [0.15, 0.2) is 54.6 Å². The highest BCUT2D eigenvalue weighted by atomic mass is 32.1. The molecule has 0 saturated carbocycles. The first-order valence-electron chi connectivity index (χ1n) is 7.62. The Morgan fingerprint density at radius 3 is 2.60 bits per heavy atom. The quantitative estimate of drug-likeness (QED) is 0.606. The van der Waals surface area contributed by atoms with Gasteiger partial charge in [-0.1, -0.05) is 42.5 Å². The molecule has 0 radical (unpaired) electrons.